The molecule has 2 aliphatic rings. The van der Waals surface area contributed by atoms with Gasteiger partial charge in [0.05, 0.1) is 0 Å². The van der Waals surface area contributed by atoms with Crippen LogP contribution in [-0.2, 0) is 6.54 Å². The van der Waals surface area contributed by atoms with Gasteiger partial charge in [-0.05, 0) is 50.1 Å². The van der Waals surface area contributed by atoms with Gasteiger partial charge >= 0.3 is 0 Å². The molecule has 4 heteroatoms. The Morgan fingerprint density at radius 3 is 2.95 bits per heavy atom. The summed E-state index contributed by atoms with van der Waals surface area (Å²) in [6, 6.07) is 6.13. The molecule has 2 unspecified atom stereocenters. The number of benzene rings is 1. The molecule has 2 N–H and O–H groups in total. The minimum absolute atomic E-state index is 0.196. The first kappa shape index (κ1) is 13.8. The van der Waals surface area contributed by atoms with Crippen LogP contribution in [0, 0.1) is 5.82 Å². The van der Waals surface area contributed by atoms with Gasteiger partial charge in [-0.2, -0.15) is 0 Å². The number of piperazine rings is 1. The first-order valence-electron chi connectivity index (χ1n) is 7.68. The number of rotatable bonds is 2. The molecule has 0 radical (unpaired) electrons. The third-order valence-electron chi connectivity index (χ3n) is 4.76. The van der Waals surface area contributed by atoms with Gasteiger partial charge in [0, 0.05) is 37.4 Å². The van der Waals surface area contributed by atoms with Crippen molar-refractivity contribution >= 4 is 5.69 Å². The summed E-state index contributed by atoms with van der Waals surface area (Å²) in [4.78, 5) is 5.05. The Labute approximate surface area is 120 Å². The van der Waals surface area contributed by atoms with E-state index in [4.69, 9.17) is 5.73 Å². The molecule has 2 aliphatic heterocycles. The summed E-state index contributed by atoms with van der Waals surface area (Å²) in [5.74, 6) is -0.196. The van der Waals surface area contributed by atoms with E-state index in [1.165, 1.54) is 25.8 Å². The van der Waals surface area contributed by atoms with E-state index in [1.807, 2.05) is 6.07 Å². The van der Waals surface area contributed by atoms with E-state index in [2.05, 4.69) is 16.7 Å². The second-order valence-electron chi connectivity index (χ2n) is 6.12. The van der Waals surface area contributed by atoms with Crippen molar-refractivity contribution in [1.82, 2.24) is 4.90 Å². The molecular weight excluding hydrogens is 253 g/mol. The molecule has 0 aromatic heterocycles. The molecule has 0 bridgehead atoms. The van der Waals surface area contributed by atoms with Crippen molar-refractivity contribution in [3.63, 3.8) is 0 Å². The van der Waals surface area contributed by atoms with Gasteiger partial charge in [0.2, 0.25) is 0 Å². The smallest absolute Gasteiger partial charge is 0.123 e. The summed E-state index contributed by atoms with van der Waals surface area (Å²) in [5, 5.41) is 0. The summed E-state index contributed by atoms with van der Waals surface area (Å²) in [6.07, 6.45) is 3.94. The summed E-state index contributed by atoms with van der Waals surface area (Å²) >= 11 is 0. The fraction of sp³-hybridized carbons (Fsp3) is 0.625. The van der Waals surface area contributed by atoms with Crippen LogP contribution in [-0.4, -0.2) is 36.6 Å². The lowest BCUT2D eigenvalue weighted by molar-refractivity contribution is 0.115. The minimum atomic E-state index is -0.196. The highest BCUT2D eigenvalue weighted by atomic mass is 19.1. The lowest BCUT2D eigenvalue weighted by Crippen LogP contribution is -2.59. The number of nitrogens with zero attached hydrogens (tertiary/aromatic N) is 2. The molecule has 2 heterocycles. The van der Waals surface area contributed by atoms with E-state index in [-0.39, 0.29) is 5.82 Å². The highest BCUT2D eigenvalue weighted by molar-refractivity contribution is 5.55. The molecule has 20 heavy (non-hydrogen) atoms. The molecule has 0 amide bonds. The number of halogens is 1. The SMILES string of the molecule is CC1CN2CCCCC2CN1c1ccc(F)cc1CN. The summed E-state index contributed by atoms with van der Waals surface area (Å²) < 4.78 is 13.4. The Morgan fingerprint density at radius 1 is 1.30 bits per heavy atom. The second-order valence-corrected chi connectivity index (χ2v) is 6.12. The number of piperidine rings is 1. The van der Waals surface area contributed by atoms with Crippen molar-refractivity contribution in [3.05, 3.63) is 29.6 Å². The van der Waals surface area contributed by atoms with Crippen molar-refractivity contribution in [2.75, 3.05) is 24.5 Å². The zero-order valence-corrected chi connectivity index (χ0v) is 12.2. The Morgan fingerprint density at radius 2 is 2.15 bits per heavy atom. The molecule has 2 atom stereocenters. The maximum atomic E-state index is 13.4. The van der Waals surface area contributed by atoms with Crippen molar-refractivity contribution < 1.29 is 4.39 Å². The first-order valence-corrected chi connectivity index (χ1v) is 7.68. The van der Waals surface area contributed by atoms with Crippen LogP contribution in [0.4, 0.5) is 10.1 Å². The van der Waals surface area contributed by atoms with Crippen LogP contribution >= 0.6 is 0 Å². The zero-order chi connectivity index (χ0) is 14.1. The lowest BCUT2D eigenvalue weighted by Gasteiger charge is -2.48. The summed E-state index contributed by atoms with van der Waals surface area (Å²) in [6.45, 7) is 6.03. The van der Waals surface area contributed by atoms with Crippen molar-refractivity contribution in [3.8, 4) is 0 Å². The third-order valence-corrected chi connectivity index (χ3v) is 4.76. The Balaban J connectivity index is 1.85. The summed E-state index contributed by atoms with van der Waals surface area (Å²) in [5.41, 5.74) is 7.83. The van der Waals surface area contributed by atoms with Crippen LogP contribution in [0.3, 0.4) is 0 Å². The monoisotopic (exact) mass is 277 g/mol. The molecule has 0 spiro atoms. The van der Waals surface area contributed by atoms with E-state index in [0.29, 0.717) is 18.6 Å². The van der Waals surface area contributed by atoms with Gasteiger partial charge in [0.15, 0.2) is 0 Å². The number of anilines is 1. The number of hydrogen-bond acceptors (Lipinski definition) is 3. The summed E-state index contributed by atoms with van der Waals surface area (Å²) in [7, 11) is 0. The Hall–Kier alpha value is -1.13. The van der Waals surface area contributed by atoms with Crippen LogP contribution in [0.25, 0.3) is 0 Å². The number of hydrogen-bond donors (Lipinski definition) is 1. The number of fused-ring (bicyclic) bond motifs is 1. The fourth-order valence-corrected chi connectivity index (χ4v) is 3.69. The topological polar surface area (TPSA) is 32.5 Å². The molecule has 1 aromatic rings. The highest BCUT2D eigenvalue weighted by Gasteiger charge is 2.33. The minimum Gasteiger partial charge on any atom is -0.366 e. The Bertz CT molecular complexity index is 477. The van der Waals surface area contributed by atoms with E-state index in [0.717, 1.165) is 24.3 Å². The third kappa shape index (κ3) is 2.54. The van der Waals surface area contributed by atoms with Gasteiger partial charge in [-0.1, -0.05) is 6.42 Å². The highest BCUT2D eigenvalue weighted by Crippen LogP contribution is 2.30. The molecule has 3 rings (SSSR count). The van der Waals surface area contributed by atoms with E-state index < -0.39 is 0 Å². The van der Waals surface area contributed by atoms with Gasteiger partial charge in [-0.3, -0.25) is 4.90 Å². The van der Waals surface area contributed by atoms with Crippen LogP contribution in [0.1, 0.15) is 31.7 Å². The normalized spacial score (nSPS) is 27.4. The molecular formula is C16H24FN3. The van der Waals surface area contributed by atoms with Gasteiger partial charge in [0.25, 0.3) is 0 Å². The molecule has 0 aliphatic carbocycles. The molecule has 110 valence electrons. The van der Waals surface area contributed by atoms with Crippen LogP contribution in [0.5, 0.6) is 0 Å². The molecule has 3 nitrogen and oxygen atoms in total. The average Bonchev–Trinajstić information content (AvgIpc) is 2.46. The van der Waals surface area contributed by atoms with Crippen molar-refractivity contribution in [1.29, 1.82) is 0 Å². The molecule has 0 saturated carbocycles. The van der Waals surface area contributed by atoms with Gasteiger partial charge < -0.3 is 10.6 Å². The van der Waals surface area contributed by atoms with Crippen LogP contribution in [0.15, 0.2) is 18.2 Å². The van der Waals surface area contributed by atoms with Crippen molar-refractivity contribution in [2.45, 2.75) is 44.8 Å². The zero-order valence-electron chi connectivity index (χ0n) is 12.2. The van der Waals surface area contributed by atoms with Gasteiger partial charge in [0.1, 0.15) is 5.82 Å². The lowest BCUT2D eigenvalue weighted by atomic mass is 9.96. The maximum Gasteiger partial charge on any atom is 0.123 e. The molecule has 2 saturated heterocycles. The van der Waals surface area contributed by atoms with E-state index >= 15 is 0 Å². The fourth-order valence-electron chi connectivity index (χ4n) is 3.69. The predicted molar refractivity (Wildman–Crippen MR) is 80.3 cm³/mol. The average molecular weight is 277 g/mol. The van der Waals surface area contributed by atoms with E-state index in [9.17, 15) is 4.39 Å². The second kappa shape index (κ2) is 5.70. The standard InChI is InChI=1S/C16H24FN3/c1-12-10-19-7-3-2-4-15(19)11-20(12)16-6-5-14(17)8-13(16)9-18/h5-6,8,12,15H,2-4,7,9-11,18H2,1H3. The molecule has 2 fully saturated rings. The molecule has 1 aromatic carbocycles. The van der Waals surface area contributed by atoms with Crippen LogP contribution < -0.4 is 10.6 Å². The van der Waals surface area contributed by atoms with Gasteiger partial charge in [-0.15, -0.1) is 0 Å². The maximum absolute atomic E-state index is 13.4. The Kier molecular flexibility index (Phi) is 3.94. The number of nitrogens with two attached hydrogens (primary N) is 1. The first-order chi connectivity index (χ1) is 9.69. The van der Waals surface area contributed by atoms with Gasteiger partial charge in [-0.25, -0.2) is 4.39 Å². The van der Waals surface area contributed by atoms with Crippen molar-refractivity contribution in [2.24, 2.45) is 5.73 Å². The van der Waals surface area contributed by atoms with E-state index in [1.54, 1.807) is 12.1 Å². The predicted octanol–water partition coefficient (Wildman–Crippen LogP) is 2.35. The largest absolute Gasteiger partial charge is 0.366 e. The quantitative estimate of drug-likeness (QED) is 0.900. The van der Waals surface area contributed by atoms with Crippen LogP contribution in [0.2, 0.25) is 0 Å².